The molecular weight excluding hydrogens is 268 g/mol. The van der Waals surface area contributed by atoms with E-state index in [1.807, 2.05) is 0 Å². The second kappa shape index (κ2) is 6.42. The second-order valence-corrected chi connectivity index (χ2v) is 6.52. The highest BCUT2D eigenvalue weighted by molar-refractivity contribution is 7.90. The Morgan fingerprint density at radius 3 is 2.26 bits per heavy atom. The largest absolute Gasteiger partial charge is 0.453 e. The van der Waals surface area contributed by atoms with Crippen molar-refractivity contribution in [3.63, 3.8) is 0 Å². The lowest BCUT2D eigenvalue weighted by Crippen LogP contribution is -2.24. The van der Waals surface area contributed by atoms with Gasteiger partial charge in [0, 0.05) is 23.7 Å². The number of hydrogen-bond donors (Lipinski definition) is 2. The van der Waals surface area contributed by atoms with E-state index < -0.39 is 15.9 Å². The molecule has 6 nitrogen and oxygen atoms in total. The zero-order chi connectivity index (χ0) is 14.5. The lowest BCUT2D eigenvalue weighted by Gasteiger charge is -2.14. The molecule has 19 heavy (non-hydrogen) atoms. The average Bonchev–Trinajstić information content (AvgIpc) is 2.29. The zero-order valence-electron chi connectivity index (χ0n) is 11.1. The van der Waals surface area contributed by atoms with Gasteiger partial charge in [0.05, 0.1) is 12.9 Å². The molecule has 0 aliphatic heterocycles. The van der Waals surface area contributed by atoms with Gasteiger partial charge in [-0.1, -0.05) is 0 Å². The number of methoxy groups -OCH3 is 1. The van der Waals surface area contributed by atoms with Gasteiger partial charge >= 0.3 is 6.09 Å². The Hall–Kier alpha value is -1.76. The molecule has 1 aromatic rings. The summed E-state index contributed by atoms with van der Waals surface area (Å²) >= 11 is 0. The van der Waals surface area contributed by atoms with Crippen LogP contribution in [0.25, 0.3) is 0 Å². The molecule has 0 aliphatic rings. The Morgan fingerprint density at radius 1 is 1.26 bits per heavy atom. The molecule has 1 unspecified atom stereocenters. The molecule has 1 amide bonds. The van der Waals surface area contributed by atoms with Gasteiger partial charge in [0.25, 0.3) is 0 Å². The minimum atomic E-state index is -3.01. The van der Waals surface area contributed by atoms with E-state index in [0.717, 1.165) is 5.69 Å². The number of nitrogens with one attached hydrogen (secondary N) is 2. The van der Waals surface area contributed by atoms with Crippen LogP contribution in [0.5, 0.6) is 0 Å². The quantitative estimate of drug-likeness (QED) is 0.860. The number of amides is 1. The van der Waals surface area contributed by atoms with Gasteiger partial charge in [0.1, 0.15) is 9.84 Å². The van der Waals surface area contributed by atoms with E-state index in [-0.39, 0.29) is 11.8 Å². The SMILES string of the molecule is COC(=O)Nc1ccc(NC(C)CS(C)(=O)=O)cc1. The fourth-order valence-electron chi connectivity index (χ4n) is 1.60. The van der Waals surface area contributed by atoms with Gasteiger partial charge in [0.15, 0.2) is 0 Å². The fourth-order valence-corrected chi connectivity index (χ4v) is 2.59. The standard InChI is InChI=1S/C12H18N2O4S/c1-9(8-19(3,16)17)13-10-4-6-11(7-5-10)14-12(15)18-2/h4-7,9,13H,8H2,1-3H3,(H,14,15). The van der Waals surface area contributed by atoms with E-state index in [1.165, 1.54) is 13.4 Å². The maximum atomic E-state index is 11.1. The van der Waals surface area contributed by atoms with Gasteiger partial charge in [-0.2, -0.15) is 0 Å². The first kappa shape index (κ1) is 15.3. The van der Waals surface area contributed by atoms with Crippen molar-refractivity contribution in [2.45, 2.75) is 13.0 Å². The Bertz CT molecular complexity index is 525. The van der Waals surface area contributed by atoms with E-state index in [9.17, 15) is 13.2 Å². The Kier molecular flexibility index (Phi) is 5.17. The van der Waals surface area contributed by atoms with Crippen molar-refractivity contribution in [1.29, 1.82) is 0 Å². The van der Waals surface area contributed by atoms with Crippen LogP contribution in [0.2, 0.25) is 0 Å². The molecule has 0 heterocycles. The van der Waals surface area contributed by atoms with Gasteiger partial charge in [-0.15, -0.1) is 0 Å². The number of carbonyl (C=O) groups is 1. The number of sulfone groups is 1. The van der Waals surface area contributed by atoms with Crippen LogP contribution in [0.4, 0.5) is 16.2 Å². The second-order valence-electron chi connectivity index (χ2n) is 4.33. The highest BCUT2D eigenvalue weighted by Gasteiger charge is 2.10. The molecule has 1 atom stereocenters. The summed E-state index contributed by atoms with van der Waals surface area (Å²) in [6.45, 7) is 1.79. The molecule has 0 saturated carbocycles. The third kappa shape index (κ3) is 6.10. The Labute approximate surface area is 113 Å². The summed E-state index contributed by atoms with van der Waals surface area (Å²) in [4.78, 5) is 11.0. The Balaban J connectivity index is 2.59. The molecule has 1 rings (SSSR count). The Morgan fingerprint density at radius 2 is 1.79 bits per heavy atom. The molecule has 0 saturated heterocycles. The summed E-state index contributed by atoms with van der Waals surface area (Å²) in [7, 11) is -1.72. The first-order valence-corrected chi connectivity index (χ1v) is 7.75. The summed E-state index contributed by atoms with van der Waals surface area (Å²) in [6, 6.07) is 6.72. The maximum absolute atomic E-state index is 11.1. The van der Waals surface area contributed by atoms with Crippen LogP contribution in [0, 0.1) is 0 Å². The lowest BCUT2D eigenvalue weighted by molar-refractivity contribution is 0.187. The maximum Gasteiger partial charge on any atom is 0.411 e. The van der Waals surface area contributed by atoms with Crippen molar-refractivity contribution in [1.82, 2.24) is 0 Å². The van der Waals surface area contributed by atoms with E-state index in [1.54, 1.807) is 31.2 Å². The fraction of sp³-hybridized carbons (Fsp3) is 0.417. The summed E-state index contributed by atoms with van der Waals surface area (Å²) in [5, 5.41) is 5.60. The van der Waals surface area contributed by atoms with Gasteiger partial charge in [0.2, 0.25) is 0 Å². The van der Waals surface area contributed by atoms with Crippen molar-refractivity contribution >= 4 is 27.3 Å². The van der Waals surface area contributed by atoms with Gasteiger partial charge in [-0.05, 0) is 31.2 Å². The van der Waals surface area contributed by atoms with E-state index in [0.29, 0.717) is 5.69 Å². The topological polar surface area (TPSA) is 84.5 Å². The molecule has 0 radical (unpaired) electrons. The summed E-state index contributed by atoms with van der Waals surface area (Å²) in [5.41, 5.74) is 1.39. The average molecular weight is 286 g/mol. The van der Waals surface area contributed by atoms with Crippen LogP contribution in [0.1, 0.15) is 6.92 Å². The first-order chi connectivity index (χ1) is 8.80. The molecular formula is C12H18N2O4S. The van der Waals surface area contributed by atoms with Crippen molar-refractivity contribution in [3.8, 4) is 0 Å². The van der Waals surface area contributed by atoms with Gasteiger partial charge in [-0.3, -0.25) is 5.32 Å². The summed E-state index contributed by atoms with van der Waals surface area (Å²) in [5.74, 6) is 0.0646. The highest BCUT2D eigenvalue weighted by atomic mass is 32.2. The molecule has 0 aromatic heterocycles. The smallest absolute Gasteiger partial charge is 0.411 e. The van der Waals surface area contributed by atoms with E-state index in [4.69, 9.17) is 0 Å². The van der Waals surface area contributed by atoms with E-state index >= 15 is 0 Å². The van der Waals surface area contributed by atoms with Crippen LogP contribution in [0.3, 0.4) is 0 Å². The van der Waals surface area contributed by atoms with Crippen molar-refractivity contribution < 1.29 is 17.9 Å². The molecule has 0 spiro atoms. The predicted molar refractivity (Wildman–Crippen MR) is 75.3 cm³/mol. The number of hydrogen-bond acceptors (Lipinski definition) is 5. The number of carbonyl (C=O) groups excluding carboxylic acids is 1. The van der Waals surface area contributed by atoms with Gasteiger partial charge in [-0.25, -0.2) is 13.2 Å². The van der Waals surface area contributed by atoms with Crippen molar-refractivity contribution in [3.05, 3.63) is 24.3 Å². The number of rotatable bonds is 5. The zero-order valence-corrected chi connectivity index (χ0v) is 12.0. The van der Waals surface area contributed by atoms with Crippen molar-refractivity contribution in [2.24, 2.45) is 0 Å². The molecule has 0 aliphatic carbocycles. The molecule has 0 fully saturated rings. The normalized spacial score (nSPS) is 12.6. The summed E-state index contributed by atoms with van der Waals surface area (Å²) < 4.78 is 26.7. The first-order valence-electron chi connectivity index (χ1n) is 5.69. The van der Waals surface area contributed by atoms with Crippen LogP contribution in [0.15, 0.2) is 24.3 Å². The molecule has 7 heteroatoms. The number of ether oxygens (including phenoxy) is 1. The predicted octanol–water partition coefficient (Wildman–Crippen LogP) is 1.71. The van der Waals surface area contributed by atoms with Crippen LogP contribution in [-0.4, -0.2) is 39.7 Å². The van der Waals surface area contributed by atoms with Crippen LogP contribution < -0.4 is 10.6 Å². The number of benzene rings is 1. The summed E-state index contributed by atoms with van der Waals surface area (Å²) in [6.07, 6.45) is 0.667. The van der Waals surface area contributed by atoms with Gasteiger partial charge < -0.3 is 10.1 Å². The highest BCUT2D eigenvalue weighted by Crippen LogP contribution is 2.14. The minimum Gasteiger partial charge on any atom is -0.453 e. The van der Waals surface area contributed by atoms with Crippen LogP contribution >= 0.6 is 0 Å². The van der Waals surface area contributed by atoms with Crippen LogP contribution in [-0.2, 0) is 14.6 Å². The van der Waals surface area contributed by atoms with E-state index in [2.05, 4.69) is 15.4 Å². The third-order valence-corrected chi connectivity index (χ3v) is 3.39. The number of anilines is 2. The molecule has 1 aromatic carbocycles. The molecule has 106 valence electrons. The third-order valence-electron chi connectivity index (χ3n) is 2.28. The van der Waals surface area contributed by atoms with Crippen molar-refractivity contribution in [2.75, 3.05) is 29.8 Å². The lowest BCUT2D eigenvalue weighted by atomic mass is 10.2. The molecule has 2 N–H and O–H groups in total. The molecule has 0 bridgehead atoms. The monoisotopic (exact) mass is 286 g/mol. The minimum absolute atomic E-state index is 0.0646.